The Morgan fingerprint density at radius 1 is 1.00 bits per heavy atom. The summed E-state index contributed by atoms with van der Waals surface area (Å²) in [4.78, 5) is 17.5. The van der Waals surface area contributed by atoms with Gasteiger partial charge in [-0.3, -0.25) is 14.5 Å². The molecule has 0 amide bonds. The van der Waals surface area contributed by atoms with Gasteiger partial charge in [0.1, 0.15) is 17.5 Å². The number of aromatic nitrogens is 5. The normalized spacial score (nSPS) is 11.1. The van der Waals surface area contributed by atoms with E-state index in [0.717, 1.165) is 27.9 Å². The highest BCUT2D eigenvalue weighted by molar-refractivity contribution is 5.82. The molecule has 4 aromatic heterocycles. The summed E-state index contributed by atoms with van der Waals surface area (Å²) in [5.41, 5.74) is 4.52. The van der Waals surface area contributed by atoms with Crippen molar-refractivity contribution < 1.29 is 4.39 Å². The number of nitrogens with zero attached hydrogens (tertiary/aromatic N) is 5. The van der Waals surface area contributed by atoms with E-state index in [9.17, 15) is 4.39 Å². The van der Waals surface area contributed by atoms with E-state index < -0.39 is 0 Å². The van der Waals surface area contributed by atoms with Gasteiger partial charge in [0.2, 0.25) is 0 Å². The van der Waals surface area contributed by atoms with Gasteiger partial charge in [0, 0.05) is 23.7 Å². The number of hydrogen-bond donors (Lipinski definition) is 0. The molecule has 5 nitrogen and oxygen atoms in total. The van der Waals surface area contributed by atoms with Crippen molar-refractivity contribution in [3.05, 3.63) is 66.1 Å². The summed E-state index contributed by atoms with van der Waals surface area (Å²) >= 11 is 0. The highest BCUT2D eigenvalue weighted by Crippen LogP contribution is 2.29. The summed E-state index contributed by atoms with van der Waals surface area (Å²) < 4.78 is 15.1. The maximum Gasteiger partial charge on any atom is 0.148 e. The molecule has 0 spiro atoms. The van der Waals surface area contributed by atoms with Crippen molar-refractivity contribution in [3.63, 3.8) is 0 Å². The van der Waals surface area contributed by atoms with Gasteiger partial charge < -0.3 is 0 Å². The minimum atomic E-state index is -0.379. The first kappa shape index (κ1) is 14.4. The van der Waals surface area contributed by atoms with Gasteiger partial charge >= 0.3 is 0 Å². The fraction of sp³-hybridized carbons (Fsp3) is 0.111. The lowest BCUT2D eigenvalue weighted by Gasteiger charge is -2.10. The summed E-state index contributed by atoms with van der Waals surface area (Å²) in [6.07, 6.45) is 6.43. The molecule has 4 rings (SSSR count). The van der Waals surface area contributed by atoms with E-state index in [1.165, 1.54) is 12.3 Å². The van der Waals surface area contributed by atoms with Gasteiger partial charge in [-0.1, -0.05) is 0 Å². The highest BCUT2D eigenvalue weighted by Gasteiger charge is 2.17. The molecular formula is C18H14FN5. The summed E-state index contributed by atoms with van der Waals surface area (Å²) in [5.74, 6) is 0.917. The van der Waals surface area contributed by atoms with Crippen LogP contribution in [0.3, 0.4) is 0 Å². The maximum atomic E-state index is 13.3. The van der Waals surface area contributed by atoms with Crippen LogP contribution in [-0.2, 0) is 0 Å². The van der Waals surface area contributed by atoms with Gasteiger partial charge in [0.05, 0.1) is 23.4 Å². The number of pyridine rings is 3. The number of rotatable bonds is 2. The third-order valence-corrected chi connectivity index (χ3v) is 3.89. The lowest BCUT2D eigenvalue weighted by atomic mass is 10.1. The fourth-order valence-electron chi connectivity index (χ4n) is 2.77. The zero-order valence-corrected chi connectivity index (χ0v) is 13.2. The van der Waals surface area contributed by atoms with E-state index in [1.54, 1.807) is 24.7 Å². The summed E-state index contributed by atoms with van der Waals surface area (Å²) in [5, 5.41) is 0. The van der Waals surface area contributed by atoms with Gasteiger partial charge in [-0.2, -0.15) is 0 Å². The van der Waals surface area contributed by atoms with E-state index in [2.05, 4.69) is 15.0 Å². The van der Waals surface area contributed by atoms with Crippen molar-refractivity contribution in [2.75, 3.05) is 0 Å². The average molecular weight is 319 g/mol. The van der Waals surface area contributed by atoms with E-state index in [1.807, 2.05) is 30.5 Å². The minimum Gasteiger partial charge on any atom is -0.275 e. The second-order valence-electron chi connectivity index (χ2n) is 5.61. The summed E-state index contributed by atoms with van der Waals surface area (Å²) in [6, 6.07) is 6.86. The van der Waals surface area contributed by atoms with Crippen LogP contribution in [0, 0.1) is 19.7 Å². The zero-order chi connectivity index (χ0) is 16.7. The molecule has 0 unspecified atom stereocenters. The van der Waals surface area contributed by atoms with E-state index in [4.69, 9.17) is 4.98 Å². The lowest BCUT2D eigenvalue weighted by Crippen LogP contribution is -2.02. The third kappa shape index (κ3) is 2.32. The first-order valence-corrected chi connectivity index (χ1v) is 7.51. The molecule has 0 N–H and O–H groups in total. The number of hydrogen-bond acceptors (Lipinski definition) is 4. The molecule has 0 saturated heterocycles. The Morgan fingerprint density at radius 2 is 1.88 bits per heavy atom. The number of fused-ring (bicyclic) bond motifs is 1. The van der Waals surface area contributed by atoms with Crippen molar-refractivity contribution >= 4 is 11.0 Å². The fourth-order valence-corrected chi connectivity index (χ4v) is 2.77. The molecule has 0 aliphatic rings. The molecule has 4 aromatic rings. The molecule has 6 heteroatoms. The molecule has 0 saturated carbocycles. The monoisotopic (exact) mass is 319 g/mol. The molecule has 0 atom stereocenters. The molecular weight excluding hydrogens is 305 g/mol. The molecule has 0 aliphatic carbocycles. The van der Waals surface area contributed by atoms with Crippen molar-refractivity contribution in [1.82, 2.24) is 24.5 Å². The average Bonchev–Trinajstić information content (AvgIpc) is 2.95. The second kappa shape index (κ2) is 5.49. The van der Waals surface area contributed by atoms with Crippen molar-refractivity contribution in [2.24, 2.45) is 0 Å². The summed E-state index contributed by atoms with van der Waals surface area (Å²) in [6.45, 7) is 3.97. The van der Waals surface area contributed by atoms with Gasteiger partial charge in [-0.25, -0.2) is 14.4 Å². The van der Waals surface area contributed by atoms with Gasteiger partial charge in [0.25, 0.3) is 0 Å². The van der Waals surface area contributed by atoms with E-state index >= 15 is 0 Å². The van der Waals surface area contributed by atoms with Crippen LogP contribution in [0.1, 0.15) is 11.3 Å². The van der Waals surface area contributed by atoms with Crippen LogP contribution in [0.4, 0.5) is 4.39 Å². The maximum absolute atomic E-state index is 13.3. The minimum absolute atomic E-state index is 0.379. The van der Waals surface area contributed by atoms with E-state index in [0.29, 0.717) is 11.6 Å². The zero-order valence-electron chi connectivity index (χ0n) is 13.2. The molecule has 0 radical (unpaired) electrons. The van der Waals surface area contributed by atoms with Crippen LogP contribution in [0.25, 0.3) is 28.2 Å². The SMILES string of the molecule is Cc1cc(C)c(-c2nc3ccncc3n2-c2ccc(F)cn2)cn1. The summed E-state index contributed by atoms with van der Waals surface area (Å²) in [7, 11) is 0. The van der Waals surface area contributed by atoms with Gasteiger partial charge in [-0.15, -0.1) is 0 Å². The highest BCUT2D eigenvalue weighted by atomic mass is 19.1. The molecule has 4 heterocycles. The first-order chi connectivity index (χ1) is 11.6. The molecule has 0 aliphatic heterocycles. The van der Waals surface area contributed by atoms with Gasteiger partial charge in [0.15, 0.2) is 0 Å². The van der Waals surface area contributed by atoms with E-state index in [-0.39, 0.29) is 5.82 Å². The lowest BCUT2D eigenvalue weighted by molar-refractivity contribution is 0.620. The van der Waals surface area contributed by atoms with Crippen LogP contribution in [0.2, 0.25) is 0 Å². The topological polar surface area (TPSA) is 56.5 Å². The largest absolute Gasteiger partial charge is 0.275 e. The number of halogens is 1. The molecule has 0 aromatic carbocycles. The van der Waals surface area contributed by atoms with Crippen molar-refractivity contribution in [3.8, 4) is 17.2 Å². The molecule has 24 heavy (non-hydrogen) atoms. The first-order valence-electron chi connectivity index (χ1n) is 7.51. The standard InChI is InChI=1S/C18H14FN5/c1-11-7-12(2)21-9-14(11)18-23-15-5-6-20-10-16(15)24(18)17-4-3-13(19)8-22-17/h3-10H,1-2H3. The number of imidazole rings is 1. The Kier molecular flexibility index (Phi) is 3.30. The second-order valence-corrected chi connectivity index (χ2v) is 5.61. The van der Waals surface area contributed by atoms with Crippen LogP contribution < -0.4 is 0 Å². The van der Waals surface area contributed by atoms with Crippen LogP contribution in [0.15, 0.2) is 49.1 Å². The quantitative estimate of drug-likeness (QED) is 0.566. The Balaban J connectivity index is 2.05. The Labute approximate surface area is 137 Å². The van der Waals surface area contributed by atoms with Crippen LogP contribution in [-0.4, -0.2) is 24.5 Å². The molecule has 0 bridgehead atoms. The predicted octanol–water partition coefficient (Wildman–Crippen LogP) is 3.63. The van der Waals surface area contributed by atoms with Crippen LogP contribution in [0.5, 0.6) is 0 Å². The van der Waals surface area contributed by atoms with Crippen LogP contribution >= 0.6 is 0 Å². The smallest absolute Gasteiger partial charge is 0.148 e. The van der Waals surface area contributed by atoms with Crippen molar-refractivity contribution in [1.29, 1.82) is 0 Å². The Morgan fingerprint density at radius 3 is 2.62 bits per heavy atom. The molecule has 118 valence electrons. The molecule has 0 fully saturated rings. The predicted molar refractivity (Wildman–Crippen MR) is 89.3 cm³/mol. The third-order valence-electron chi connectivity index (χ3n) is 3.89. The Hall–Kier alpha value is -3.15. The van der Waals surface area contributed by atoms with Gasteiger partial charge in [-0.05, 0) is 43.7 Å². The Bertz CT molecular complexity index is 1040. The van der Waals surface area contributed by atoms with Crippen molar-refractivity contribution in [2.45, 2.75) is 13.8 Å². The number of aryl methyl sites for hydroxylation is 2.